The summed E-state index contributed by atoms with van der Waals surface area (Å²) in [7, 11) is 0. The summed E-state index contributed by atoms with van der Waals surface area (Å²) in [4.78, 5) is 15.1. The van der Waals surface area contributed by atoms with Gasteiger partial charge < -0.3 is 19.5 Å². The lowest BCUT2D eigenvalue weighted by Gasteiger charge is -2.18. The average molecular weight is 418 g/mol. The van der Waals surface area contributed by atoms with Gasteiger partial charge in [-0.2, -0.15) is 0 Å². The number of nitrogens with zero attached hydrogens (tertiary/aromatic N) is 1. The minimum Gasteiger partial charge on any atom is -0.507 e. The van der Waals surface area contributed by atoms with Crippen LogP contribution in [-0.4, -0.2) is 24.4 Å². The highest BCUT2D eigenvalue weighted by molar-refractivity contribution is 9.10. The number of benzene rings is 2. The average Bonchev–Trinajstić information content (AvgIpc) is 3.18. The first-order chi connectivity index (χ1) is 12.6. The Morgan fingerprint density at radius 3 is 2.77 bits per heavy atom. The predicted molar refractivity (Wildman–Crippen MR) is 102 cm³/mol. The fraction of sp³-hybridized carbons (Fsp3) is 0.350. The SMILES string of the molecule is CCCCCN1C(=O)C(c2cc3c(cc2O)OCO3)c2c(Br)cccc21. The van der Waals surface area contributed by atoms with Gasteiger partial charge in [-0.05, 0) is 24.6 Å². The van der Waals surface area contributed by atoms with Gasteiger partial charge in [-0.3, -0.25) is 4.79 Å². The number of aromatic hydroxyl groups is 1. The molecule has 26 heavy (non-hydrogen) atoms. The minimum absolute atomic E-state index is 0.0165. The third kappa shape index (κ3) is 2.72. The molecule has 5 nitrogen and oxygen atoms in total. The van der Waals surface area contributed by atoms with Crippen LogP contribution in [0.15, 0.2) is 34.8 Å². The van der Waals surface area contributed by atoms with Crippen molar-refractivity contribution in [1.82, 2.24) is 0 Å². The number of halogens is 1. The van der Waals surface area contributed by atoms with E-state index in [-0.39, 0.29) is 18.4 Å². The number of phenolic OH excluding ortho intramolecular Hbond substituents is 1. The fourth-order valence-electron chi connectivity index (χ4n) is 3.66. The molecule has 2 aromatic carbocycles. The number of hydrogen-bond donors (Lipinski definition) is 1. The number of ether oxygens (including phenoxy) is 2. The topological polar surface area (TPSA) is 59.0 Å². The van der Waals surface area contributed by atoms with Crippen LogP contribution in [0.3, 0.4) is 0 Å². The molecule has 1 atom stereocenters. The van der Waals surface area contributed by atoms with E-state index in [0.29, 0.717) is 23.6 Å². The highest BCUT2D eigenvalue weighted by atomic mass is 79.9. The predicted octanol–water partition coefficient (Wildman–Crippen LogP) is 4.55. The molecule has 2 aliphatic heterocycles. The second-order valence-corrected chi connectivity index (χ2v) is 7.42. The number of carbonyl (C=O) groups is 1. The number of carbonyl (C=O) groups excluding carboxylic acids is 1. The largest absolute Gasteiger partial charge is 0.507 e. The molecule has 0 saturated carbocycles. The molecule has 1 N–H and O–H groups in total. The molecular formula is C20H20BrNO4. The zero-order valence-electron chi connectivity index (χ0n) is 14.5. The van der Waals surface area contributed by atoms with Crippen molar-refractivity contribution in [2.45, 2.75) is 32.1 Å². The summed E-state index contributed by atoms with van der Waals surface area (Å²) >= 11 is 3.59. The number of hydrogen-bond acceptors (Lipinski definition) is 4. The van der Waals surface area contributed by atoms with E-state index in [4.69, 9.17) is 9.47 Å². The minimum atomic E-state index is -0.559. The van der Waals surface area contributed by atoms with Crippen LogP contribution in [0.4, 0.5) is 5.69 Å². The van der Waals surface area contributed by atoms with Crippen molar-refractivity contribution in [2.24, 2.45) is 0 Å². The third-order valence-corrected chi connectivity index (χ3v) is 5.63. The van der Waals surface area contributed by atoms with Gasteiger partial charge >= 0.3 is 0 Å². The molecule has 0 saturated heterocycles. The van der Waals surface area contributed by atoms with Gasteiger partial charge in [0.05, 0.1) is 5.92 Å². The van der Waals surface area contributed by atoms with Crippen molar-refractivity contribution in [3.63, 3.8) is 0 Å². The zero-order chi connectivity index (χ0) is 18.3. The van der Waals surface area contributed by atoms with E-state index in [1.165, 1.54) is 6.07 Å². The van der Waals surface area contributed by atoms with Crippen LogP contribution in [-0.2, 0) is 4.79 Å². The summed E-state index contributed by atoms with van der Waals surface area (Å²) in [6.07, 6.45) is 3.13. The molecule has 0 fully saturated rings. The van der Waals surface area contributed by atoms with E-state index in [9.17, 15) is 9.90 Å². The molecule has 1 amide bonds. The lowest BCUT2D eigenvalue weighted by atomic mass is 9.91. The molecule has 4 rings (SSSR count). The van der Waals surface area contributed by atoms with Crippen LogP contribution < -0.4 is 14.4 Å². The number of fused-ring (bicyclic) bond motifs is 2. The van der Waals surface area contributed by atoms with Crippen molar-refractivity contribution >= 4 is 27.5 Å². The lowest BCUT2D eigenvalue weighted by Crippen LogP contribution is -2.30. The summed E-state index contributed by atoms with van der Waals surface area (Å²) in [5, 5.41) is 10.5. The van der Waals surface area contributed by atoms with Gasteiger partial charge in [0, 0.05) is 33.9 Å². The Bertz CT molecular complexity index is 867. The Balaban J connectivity index is 1.79. The van der Waals surface area contributed by atoms with E-state index in [0.717, 1.165) is 35.0 Å². The fourth-order valence-corrected chi connectivity index (χ4v) is 4.25. The lowest BCUT2D eigenvalue weighted by molar-refractivity contribution is -0.118. The molecule has 136 valence electrons. The molecule has 0 aromatic heterocycles. The van der Waals surface area contributed by atoms with E-state index in [1.54, 1.807) is 6.07 Å². The Morgan fingerprint density at radius 1 is 1.23 bits per heavy atom. The van der Waals surface area contributed by atoms with Gasteiger partial charge in [0.1, 0.15) is 5.75 Å². The maximum absolute atomic E-state index is 13.3. The zero-order valence-corrected chi connectivity index (χ0v) is 16.1. The van der Waals surface area contributed by atoms with E-state index < -0.39 is 5.92 Å². The highest BCUT2D eigenvalue weighted by Gasteiger charge is 2.41. The Morgan fingerprint density at radius 2 is 2.00 bits per heavy atom. The van der Waals surface area contributed by atoms with Crippen molar-refractivity contribution < 1.29 is 19.4 Å². The van der Waals surface area contributed by atoms with Crippen molar-refractivity contribution in [2.75, 3.05) is 18.2 Å². The van der Waals surface area contributed by atoms with Crippen LogP contribution in [0.25, 0.3) is 0 Å². The monoisotopic (exact) mass is 417 g/mol. The standard InChI is InChI=1S/C20H20BrNO4/c1-2-3-4-8-22-14-7-5-6-13(21)19(14)18(20(22)24)12-9-16-17(10-15(12)23)26-11-25-16/h5-7,9-10,18,23H,2-4,8,11H2,1H3. The maximum atomic E-state index is 13.3. The van der Waals surface area contributed by atoms with Gasteiger partial charge in [-0.15, -0.1) is 0 Å². The molecule has 2 aromatic rings. The Hall–Kier alpha value is -2.21. The van der Waals surface area contributed by atoms with Crippen molar-refractivity contribution in [3.05, 3.63) is 45.9 Å². The summed E-state index contributed by atoms with van der Waals surface area (Å²) in [6.45, 7) is 2.95. The van der Waals surface area contributed by atoms with Gasteiger partial charge in [-0.1, -0.05) is 41.8 Å². The smallest absolute Gasteiger partial charge is 0.239 e. The van der Waals surface area contributed by atoms with Gasteiger partial charge in [0.15, 0.2) is 11.5 Å². The number of phenols is 1. The molecule has 2 heterocycles. The van der Waals surface area contributed by atoms with Gasteiger partial charge in [0.2, 0.25) is 12.7 Å². The van der Waals surface area contributed by atoms with E-state index in [2.05, 4.69) is 22.9 Å². The second kappa shape index (κ2) is 6.83. The molecule has 2 aliphatic rings. The normalized spacial score (nSPS) is 17.7. The summed E-state index contributed by atoms with van der Waals surface area (Å²) in [5.41, 5.74) is 2.34. The van der Waals surface area contributed by atoms with Gasteiger partial charge in [-0.25, -0.2) is 0 Å². The number of unbranched alkanes of at least 4 members (excludes halogenated alkanes) is 2. The molecular weight excluding hydrogens is 398 g/mol. The first kappa shape index (κ1) is 17.2. The van der Waals surface area contributed by atoms with E-state index in [1.807, 2.05) is 23.1 Å². The van der Waals surface area contributed by atoms with Crippen molar-refractivity contribution in [3.8, 4) is 17.2 Å². The molecule has 0 radical (unpaired) electrons. The molecule has 6 heteroatoms. The molecule has 0 aliphatic carbocycles. The molecule has 0 bridgehead atoms. The van der Waals surface area contributed by atoms with Gasteiger partial charge in [0.25, 0.3) is 0 Å². The van der Waals surface area contributed by atoms with Crippen LogP contribution >= 0.6 is 15.9 Å². The quantitative estimate of drug-likeness (QED) is 0.724. The molecule has 1 unspecified atom stereocenters. The first-order valence-corrected chi connectivity index (χ1v) is 9.63. The first-order valence-electron chi connectivity index (χ1n) is 8.84. The van der Waals surface area contributed by atoms with Crippen molar-refractivity contribution in [1.29, 1.82) is 0 Å². The third-order valence-electron chi connectivity index (χ3n) is 4.94. The number of rotatable bonds is 5. The van der Waals surface area contributed by atoms with E-state index >= 15 is 0 Å². The highest BCUT2D eigenvalue weighted by Crippen LogP contribution is 2.49. The van der Waals surface area contributed by atoms with Crippen LogP contribution in [0.2, 0.25) is 0 Å². The Labute approximate surface area is 160 Å². The summed E-state index contributed by atoms with van der Waals surface area (Å²) in [5.74, 6) is 0.533. The number of amides is 1. The Kier molecular flexibility index (Phi) is 4.53. The van der Waals surface area contributed by atoms with Crippen LogP contribution in [0, 0.1) is 0 Å². The number of anilines is 1. The summed E-state index contributed by atoms with van der Waals surface area (Å²) < 4.78 is 11.6. The second-order valence-electron chi connectivity index (χ2n) is 6.57. The summed E-state index contributed by atoms with van der Waals surface area (Å²) in [6, 6.07) is 9.08. The maximum Gasteiger partial charge on any atom is 0.239 e. The van der Waals surface area contributed by atoms with Crippen LogP contribution in [0.1, 0.15) is 43.2 Å². The van der Waals surface area contributed by atoms with Crippen LogP contribution in [0.5, 0.6) is 17.2 Å². The molecule has 0 spiro atoms.